The van der Waals surface area contributed by atoms with Gasteiger partial charge in [-0.3, -0.25) is 0 Å². The first-order valence-corrected chi connectivity index (χ1v) is 5.03. The lowest BCUT2D eigenvalue weighted by Gasteiger charge is -2.03. The van der Waals surface area contributed by atoms with E-state index in [0.29, 0.717) is 5.69 Å². The summed E-state index contributed by atoms with van der Waals surface area (Å²) in [6, 6.07) is 7.88. The minimum atomic E-state index is -0.284. The standard InChI is InChI=1S/C11H10FN5/c1-8-6-10(7-14-16-13)15-17(8)11-4-2-9(12)3-5-11/h2-6H,7H2,1H3. The van der Waals surface area contributed by atoms with Crippen molar-refractivity contribution in [3.63, 3.8) is 0 Å². The predicted octanol–water partition coefficient (Wildman–Crippen LogP) is 3.13. The van der Waals surface area contributed by atoms with Crippen LogP contribution in [0.5, 0.6) is 0 Å². The topological polar surface area (TPSA) is 66.6 Å². The van der Waals surface area contributed by atoms with Gasteiger partial charge in [-0.1, -0.05) is 5.11 Å². The number of halogens is 1. The fraction of sp³-hybridized carbons (Fsp3) is 0.182. The first-order valence-electron chi connectivity index (χ1n) is 5.03. The van der Waals surface area contributed by atoms with Crippen LogP contribution in [0.15, 0.2) is 35.4 Å². The number of nitrogens with zero attached hydrogens (tertiary/aromatic N) is 5. The third-order valence-electron chi connectivity index (χ3n) is 2.31. The molecule has 0 amide bonds. The van der Waals surface area contributed by atoms with Crippen molar-refractivity contribution in [2.45, 2.75) is 13.5 Å². The van der Waals surface area contributed by atoms with Crippen LogP contribution in [0.3, 0.4) is 0 Å². The molecule has 0 unspecified atom stereocenters. The minimum absolute atomic E-state index is 0.214. The zero-order chi connectivity index (χ0) is 12.3. The Bertz CT molecular complexity index is 566. The van der Waals surface area contributed by atoms with Crippen molar-refractivity contribution in [2.75, 3.05) is 0 Å². The molecule has 2 rings (SSSR count). The zero-order valence-corrected chi connectivity index (χ0v) is 9.21. The third kappa shape index (κ3) is 2.43. The van der Waals surface area contributed by atoms with Gasteiger partial charge in [0, 0.05) is 10.6 Å². The van der Waals surface area contributed by atoms with Crippen LogP contribution in [-0.2, 0) is 6.54 Å². The van der Waals surface area contributed by atoms with E-state index in [2.05, 4.69) is 15.1 Å². The summed E-state index contributed by atoms with van der Waals surface area (Å²) in [5.74, 6) is -0.284. The van der Waals surface area contributed by atoms with Crippen LogP contribution in [0.25, 0.3) is 16.1 Å². The molecule has 0 spiro atoms. The van der Waals surface area contributed by atoms with Crippen molar-refractivity contribution in [1.82, 2.24) is 9.78 Å². The van der Waals surface area contributed by atoms with Crippen LogP contribution in [-0.4, -0.2) is 9.78 Å². The van der Waals surface area contributed by atoms with Crippen molar-refractivity contribution in [3.8, 4) is 5.69 Å². The maximum atomic E-state index is 12.8. The summed E-state index contributed by atoms with van der Waals surface area (Å²) in [7, 11) is 0. The molecule has 1 heterocycles. The molecule has 1 aromatic heterocycles. The van der Waals surface area contributed by atoms with E-state index in [1.54, 1.807) is 16.8 Å². The third-order valence-corrected chi connectivity index (χ3v) is 2.31. The summed E-state index contributed by atoms with van der Waals surface area (Å²) in [6.45, 7) is 2.10. The molecule has 2 aromatic rings. The molecule has 0 saturated carbocycles. The number of rotatable bonds is 3. The molecule has 0 aliphatic carbocycles. The highest BCUT2D eigenvalue weighted by Crippen LogP contribution is 2.13. The van der Waals surface area contributed by atoms with Crippen LogP contribution < -0.4 is 0 Å². The van der Waals surface area contributed by atoms with Gasteiger partial charge in [-0.2, -0.15) is 5.10 Å². The van der Waals surface area contributed by atoms with E-state index in [0.717, 1.165) is 11.4 Å². The fourth-order valence-corrected chi connectivity index (χ4v) is 1.56. The van der Waals surface area contributed by atoms with Gasteiger partial charge in [-0.05, 0) is 42.8 Å². The van der Waals surface area contributed by atoms with Crippen molar-refractivity contribution in [1.29, 1.82) is 0 Å². The molecule has 0 bridgehead atoms. The van der Waals surface area contributed by atoms with Gasteiger partial charge in [0.1, 0.15) is 5.82 Å². The van der Waals surface area contributed by atoms with E-state index in [4.69, 9.17) is 5.53 Å². The van der Waals surface area contributed by atoms with Crippen molar-refractivity contribution < 1.29 is 4.39 Å². The van der Waals surface area contributed by atoms with Crippen molar-refractivity contribution >= 4 is 0 Å². The van der Waals surface area contributed by atoms with Crippen molar-refractivity contribution in [2.24, 2.45) is 5.11 Å². The molecule has 0 aliphatic rings. The Hall–Kier alpha value is -2.33. The van der Waals surface area contributed by atoms with E-state index in [9.17, 15) is 4.39 Å². The second kappa shape index (κ2) is 4.67. The van der Waals surface area contributed by atoms with Gasteiger partial charge in [0.2, 0.25) is 0 Å². The normalized spacial score (nSPS) is 10.0. The van der Waals surface area contributed by atoms with Crippen LogP contribution >= 0.6 is 0 Å². The first-order chi connectivity index (χ1) is 8.20. The highest BCUT2D eigenvalue weighted by Gasteiger charge is 2.05. The second-order valence-electron chi connectivity index (χ2n) is 3.55. The molecule has 86 valence electrons. The molecule has 0 radical (unpaired) electrons. The highest BCUT2D eigenvalue weighted by atomic mass is 19.1. The average Bonchev–Trinajstić information content (AvgIpc) is 2.69. The molecule has 0 fully saturated rings. The molecule has 0 N–H and O–H groups in total. The molecule has 1 aromatic carbocycles. The first kappa shape index (κ1) is 11.2. The maximum absolute atomic E-state index is 12.8. The molecule has 0 saturated heterocycles. The van der Waals surface area contributed by atoms with Crippen molar-refractivity contribution in [3.05, 3.63) is 58.0 Å². The molecular weight excluding hydrogens is 221 g/mol. The lowest BCUT2D eigenvalue weighted by Crippen LogP contribution is -1.99. The lowest BCUT2D eigenvalue weighted by molar-refractivity contribution is 0.626. The van der Waals surface area contributed by atoms with Gasteiger partial charge in [0.15, 0.2) is 0 Å². The SMILES string of the molecule is Cc1cc(CN=[N+]=[N-])nn1-c1ccc(F)cc1. The minimum Gasteiger partial charge on any atom is -0.238 e. The molecule has 5 nitrogen and oxygen atoms in total. The molecule has 0 aliphatic heterocycles. The van der Waals surface area contributed by atoms with E-state index in [1.807, 2.05) is 13.0 Å². The molecular formula is C11H10FN5. The Kier molecular flexibility index (Phi) is 3.07. The number of aryl methyl sites for hydroxylation is 1. The van der Waals surface area contributed by atoms with E-state index in [1.165, 1.54) is 12.1 Å². The highest BCUT2D eigenvalue weighted by molar-refractivity contribution is 5.33. The van der Waals surface area contributed by atoms with Crippen LogP contribution in [0.4, 0.5) is 4.39 Å². The largest absolute Gasteiger partial charge is 0.238 e. The van der Waals surface area contributed by atoms with Gasteiger partial charge in [0.05, 0.1) is 17.9 Å². The monoisotopic (exact) mass is 231 g/mol. The smallest absolute Gasteiger partial charge is 0.123 e. The Morgan fingerprint density at radius 1 is 1.41 bits per heavy atom. The van der Waals surface area contributed by atoms with Crippen LogP contribution in [0, 0.1) is 12.7 Å². The van der Waals surface area contributed by atoms with Gasteiger partial charge in [-0.15, -0.1) is 0 Å². The summed E-state index contributed by atoms with van der Waals surface area (Å²) in [5, 5.41) is 7.73. The Morgan fingerprint density at radius 3 is 2.76 bits per heavy atom. The number of hydrogen-bond donors (Lipinski definition) is 0. The maximum Gasteiger partial charge on any atom is 0.123 e. The average molecular weight is 231 g/mol. The summed E-state index contributed by atoms with van der Waals surface area (Å²) in [4.78, 5) is 2.68. The van der Waals surface area contributed by atoms with Gasteiger partial charge in [0.25, 0.3) is 0 Å². The molecule has 6 heteroatoms. The number of hydrogen-bond acceptors (Lipinski definition) is 2. The number of benzene rings is 1. The summed E-state index contributed by atoms with van der Waals surface area (Å²) in [6.07, 6.45) is 0. The number of azide groups is 1. The summed E-state index contributed by atoms with van der Waals surface area (Å²) in [5.41, 5.74) is 10.6. The fourth-order valence-electron chi connectivity index (χ4n) is 1.56. The van der Waals surface area contributed by atoms with Crippen LogP contribution in [0.2, 0.25) is 0 Å². The van der Waals surface area contributed by atoms with E-state index >= 15 is 0 Å². The quantitative estimate of drug-likeness (QED) is 0.454. The molecule has 0 atom stereocenters. The Balaban J connectivity index is 2.35. The van der Waals surface area contributed by atoms with Gasteiger partial charge >= 0.3 is 0 Å². The Labute approximate surface area is 97.1 Å². The van der Waals surface area contributed by atoms with Crippen LogP contribution in [0.1, 0.15) is 11.4 Å². The molecule has 17 heavy (non-hydrogen) atoms. The predicted molar refractivity (Wildman–Crippen MR) is 61.1 cm³/mol. The van der Waals surface area contributed by atoms with E-state index in [-0.39, 0.29) is 12.4 Å². The second-order valence-corrected chi connectivity index (χ2v) is 3.55. The zero-order valence-electron chi connectivity index (χ0n) is 9.21. The van der Waals surface area contributed by atoms with Gasteiger partial charge in [-0.25, -0.2) is 9.07 Å². The number of aromatic nitrogens is 2. The summed E-state index contributed by atoms with van der Waals surface area (Å²) >= 11 is 0. The Morgan fingerprint density at radius 2 is 2.12 bits per heavy atom. The summed E-state index contributed by atoms with van der Waals surface area (Å²) < 4.78 is 14.5. The lowest BCUT2D eigenvalue weighted by atomic mass is 10.3. The van der Waals surface area contributed by atoms with Gasteiger partial charge < -0.3 is 0 Å². The van der Waals surface area contributed by atoms with E-state index < -0.39 is 0 Å².